The number of piperidine rings is 1. The van der Waals surface area contributed by atoms with E-state index in [0.717, 1.165) is 12.8 Å². The lowest BCUT2D eigenvalue weighted by Gasteiger charge is -2.33. The molecule has 0 aliphatic carbocycles. The van der Waals surface area contributed by atoms with Gasteiger partial charge in [-0.05, 0) is 30.9 Å². The second kappa shape index (κ2) is 7.55. The number of carbonyl (C=O) groups is 3. The van der Waals surface area contributed by atoms with Crippen molar-refractivity contribution >= 4 is 23.5 Å². The molecule has 0 radical (unpaired) electrons. The Morgan fingerprint density at radius 1 is 1.20 bits per heavy atom. The van der Waals surface area contributed by atoms with Crippen LogP contribution in [0.4, 0.5) is 5.69 Å². The lowest BCUT2D eigenvalue weighted by molar-refractivity contribution is -0.138. The minimum absolute atomic E-state index is 0.00514. The maximum absolute atomic E-state index is 12.4. The van der Waals surface area contributed by atoms with E-state index in [1.165, 1.54) is 0 Å². The summed E-state index contributed by atoms with van der Waals surface area (Å²) in [6.45, 7) is 1.49. The van der Waals surface area contributed by atoms with Gasteiger partial charge in [0.25, 0.3) is 5.91 Å². The number of carbonyl (C=O) groups excluding carboxylic acids is 2. The summed E-state index contributed by atoms with van der Waals surface area (Å²) < 4.78 is 5.40. The molecule has 0 unspecified atom stereocenters. The molecule has 1 aromatic carbocycles. The summed E-state index contributed by atoms with van der Waals surface area (Å²) in [7, 11) is 0. The first-order chi connectivity index (χ1) is 12.0. The number of benzene rings is 1. The highest BCUT2D eigenvalue weighted by Gasteiger charge is 2.28. The molecule has 7 heteroatoms. The molecule has 2 amide bonds. The Hall–Kier alpha value is -2.57. The van der Waals surface area contributed by atoms with Gasteiger partial charge in [-0.1, -0.05) is 12.1 Å². The van der Waals surface area contributed by atoms with Gasteiger partial charge in [-0.3, -0.25) is 14.4 Å². The maximum Gasteiger partial charge on any atom is 0.303 e. The van der Waals surface area contributed by atoms with Crippen molar-refractivity contribution in [3.8, 4) is 5.75 Å². The van der Waals surface area contributed by atoms with Crippen LogP contribution < -0.4 is 9.64 Å². The number of para-hydroxylation sites is 2. The molecule has 3 rings (SSSR count). The van der Waals surface area contributed by atoms with E-state index in [1.54, 1.807) is 9.80 Å². The van der Waals surface area contributed by atoms with Crippen LogP contribution >= 0.6 is 0 Å². The zero-order valence-electron chi connectivity index (χ0n) is 14.0. The monoisotopic (exact) mass is 346 g/mol. The number of aliphatic carboxylic acids is 1. The highest BCUT2D eigenvalue weighted by Crippen LogP contribution is 2.31. The molecule has 134 valence electrons. The predicted molar refractivity (Wildman–Crippen MR) is 90.5 cm³/mol. The summed E-state index contributed by atoms with van der Waals surface area (Å²) in [5, 5.41) is 8.85. The molecule has 7 nitrogen and oxygen atoms in total. The lowest BCUT2D eigenvalue weighted by atomic mass is 9.93. The average molecular weight is 346 g/mol. The van der Waals surface area contributed by atoms with E-state index < -0.39 is 5.97 Å². The van der Waals surface area contributed by atoms with E-state index in [2.05, 4.69) is 0 Å². The number of carboxylic acids is 1. The normalized spacial score (nSPS) is 17.8. The number of ether oxygens (including phenoxy) is 1. The van der Waals surface area contributed by atoms with E-state index in [9.17, 15) is 14.4 Å². The number of amides is 2. The first-order valence-electron chi connectivity index (χ1n) is 8.56. The zero-order chi connectivity index (χ0) is 17.8. The smallest absolute Gasteiger partial charge is 0.303 e. The molecule has 0 atom stereocenters. The van der Waals surface area contributed by atoms with Crippen LogP contribution in [0.3, 0.4) is 0 Å². The number of likely N-dealkylation sites (tertiary alicyclic amines) is 1. The van der Waals surface area contributed by atoms with Crippen molar-refractivity contribution in [2.75, 3.05) is 31.1 Å². The molecule has 2 heterocycles. The number of rotatable bonds is 5. The van der Waals surface area contributed by atoms with Gasteiger partial charge in [0.15, 0.2) is 6.61 Å². The van der Waals surface area contributed by atoms with Crippen LogP contribution in [0.1, 0.15) is 25.7 Å². The third-order valence-corrected chi connectivity index (χ3v) is 4.79. The van der Waals surface area contributed by atoms with Crippen molar-refractivity contribution in [3.05, 3.63) is 24.3 Å². The number of carboxylic acid groups (broad SMARTS) is 1. The standard InChI is InChI=1S/C18H22N2O5/c21-16(19-8-5-13(6-9-19)11-18(23)24)7-10-20-14-3-1-2-4-15(14)25-12-17(20)22/h1-4,13H,5-12H2,(H,23,24). The van der Waals surface area contributed by atoms with Crippen molar-refractivity contribution in [2.45, 2.75) is 25.7 Å². The van der Waals surface area contributed by atoms with Gasteiger partial charge in [-0.15, -0.1) is 0 Å². The summed E-state index contributed by atoms with van der Waals surface area (Å²) in [5.74, 6) is -0.121. The van der Waals surface area contributed by atoms with Gasteiger partial charge >= 0.3 is 5.97 Å². The maximum atomic E-state index is 12.4. The second-order valence-electron chi connectivity index (χ2n) is 6.47. The molecule has 2 aliphatic heterocycles. The van der Waals surface area contributed by atoms with Crippen LogP contribution in [0, 0.1) is 5.92 Å². The fraction of sp³-hybridized carbons (Fsp3) is 0.500. The summed E-state index contributed by atoms with van der Waals surface area (Å²) in [4.78, 5) is 38.7. The number of fused-ring (bicyclic) bond motifs is 1. The van der Waals surface area contributed by atoms with Crippen LogP contribution in [-0.2, 0) is 14.4 Å². The van der Waals surface area contributed by atoms with Gasteiger partial charge in [0.05, 0.1) is 5.69 Å². The Balaban J connectivity index is 1.53. The quantitative estimate of drug-likeness (QED) is 0.873. The predicted octanol–water partition coefficient (Wildman–Crippen LogP) is 1.52. The topological polar surface area (TPSA) is 87.2 Å². The SMILES string of the molecule is O=C(O)CC1CCN(C(=O)CCN2C(=O)COc3ccccc32)CC1. The molecular weight excluding hydrogens is 324 g/mol. The first-order valence-corrected chi connectivity index (χ1v) is 8.56. The van der Waals surface area contributed by atoms with Gasteiger partial charge < -0.3 is 19.6 Å². The Kier molecular flexibility index (Phi) is 5.21. The molecule has 0 saturated carbocycles. The van der Waals surface area contributed by atoms with Crippen molar-refractivity contribution in [2.24, 2.45) is 5.92 Å². The van der Waals surface area contributed by atoms with E-state index in [0.29, 0.717) is 31.1 Å². The molecule has 25 heavy (non-hydrogen) atoms. The Morgan fingerprint density at radius 2 is 1.92 bits per heavy atom. The molecule has 0 bridgehead atoms. The molecule has 1 aromatic rings. The second-order valence-corrected chi connectivity index (χ2v) is 6.47. The largest absolute Gasteiger partial charge is 0.482 e. The third-order valence-electron chi connectivity index (χ3n) is 4.79. The molecule has 2 aliphatic rings. The highest BCUT2D eigenvalue weighted by atomic mass is 16.5. The van der Waals surface area contributed by atoms with Gasteiger partial charge in [0, 0.05) is 32.5 Å². The molecule has 1 fully saturated rings. The molecule has 1 N–H and O–H groups in total. The third kappa shape index (κ3) is 4.10. The number of anilines is 1. The van der Waals surface area contributed by atoms with Crippen molar-refractivity contribution in [1.29, 1.82) is 0 Å². The van der Waals surface area contributed by atoms with Gasteiger partial charge in [-0.2, -0.15) is 0 Å². The van der Waals surface area contributed by atoms with E-state index in [1.807, 2.05) is 24.3 Å². The van der Waals surface area contributed by atoms with Gasteiger partial charge in [0.1, 0.15) is 5.75 Å². The Morgan fingerprint density at radius 3 is 2.64 bits per heavy atom. The summed E-state index contributed by atoms with van der Waals surface area (Å²) >= 11 is 0. The average Bonchev–Trinajstić information content (AvgIpc) is 2.61. The van der Waals surface area contributed by atoms with Crippen molar-refractivity contribution in [3.63, 3.8) is 0 Å². The van der Waals surface area contributed by atoms with Crippen LogP contribution in [0.15, 0.2) is 24.3 Å². The van der Waals surface area contributed by atoms with E-state index in [4.69, 9.17) is 9.84 Å². The van der Waals surface area contributed by atoms with Crippen LogP contribution in [0.5, 0.6) is 5.75 Å². The van der Waals surface area contributed by atoms with Gasteiger partial charge in [0.2, 0.25) is 5.91 Å². The van der Waals surface area contributed by atoms with Crippen molar-refractivity contribution in [1.82, 2.24) is 4.90 Å². The van der Waals surface area contributed by atoms with E-state index in [-0.39, 0.29) is 37.2 Å². The molecule has 1 saturated heterocycles. The highest BCUT2D eigenvalue weighted by molar-refractivity contribution is 5.98. The molecular formula is C18H22N2O5. The fourth-order valence-electron chi connectivity index (χ4n) is 3.40. The van der Waals surface area contributed by atoms with Crippen molar-refractivity contribution < 1.29 is 24.2 Å². The minimum atomic E-state index is -0.783. The number of hydrogen-bond acceptors (Lipinski definition) is 4. The number of nitrogens with zero attached hydrogens (tertiary/aromatic N) is 2. The summed E-state index contributed by atoms with van der Waals surface area (Å²) in [6.07, 6.45) is 1.86. The number of hydrogen-bond donors (Lipinski definition) is 1. The summed E-state index contributed by atoms with van der Waals surface area (Å²) in [6, 6.07) is 7.31. The van der Waals surface area contributed by atoms with Crippen LogP contribution in [-0.4, -0.2) is 54.0 Å². The minimum Gasteiger partial charge on any atom is -0.482 e. The van der Waals surface area contributed by atoms with E-state index >= 15 is 0 Å². The zero-order valence-corrected chi connectivity index (χ0v) is 14.0. The lowest BCUT2D eigenvalue weighted by Crippen LogP contribution is -2.43. The molecule has 0 aromatic heterocycles. The van der Waals surface area contributed by atoms with Crippen LogP contribution in [0.25, 0.3) is 0 Å². The Bertz CT molecular complexity index is 667. The molecule has 0 spiro atoms. The Labute approximate surface area is 146 Å². The summed E-state index contributed by atoms with van der Waals surface area (Å²) in [5.41, 5.74) is 0.701. The van der Waals surface area contributed by atoms with Crippen LogP contribution in [0.2, 0.25) is 0 Å². The fourth-order valence-corrected chi connectivity index (χ4v) is 3.40. The van der Waals surface area contributed by atoms with Gasteiger partial charge in [-0.25, -0.2) is 0 Å². The first kappa shape index (κ1) is 17.3.